The highest BCUT2D eigenvalue weighted by atomic mass is 16.5. The lowest BCUT2D eigenvalue weighted by Crippen LogP contribution is -2.19. The summed E-state index contributed by atoms with van der Waals surface area (Å²) >= 11 is 0. The molecule has 1 unspecified atom stereocenters. The Kier molecular flexibility index (Phi) is 2.72. The van der Waals surface area contributed by atoms with Crippen LogP contribution in [-0.4, -0.2) is 12.1 Å². The standard InChI is InChI=1S/C8H12O2/c1-7(9)10-8-5-3-2-4-6-8/h3,5,8H,2,4,6H2,1H3. The van der Waals surface area contributed by atoms with E-state index in [1.807, 2.05) is 6.42 Å². The van der Waals surface area contributed by atoms with E-state index >= 15 is 0 Å². The van der Waals surface area contributed by atoms with Gasteiger partial charge in [0.2, 0.25) is 0 Å². The zero-order chi connectivity index (χ0) is 7.40. The molecular weight excluding hydrogens is 128 g/mol. The van der Waals surface area contributed by atoms with Gasteiger partial charge in [0.15, 0.2) is 0 Å². The molecule has 0 saturated heterocycles. The van der Waals surface area contributed by atoms with Crippen LogP contribution in [0.5, 0.6) is 0 Å². The molecule has 1 rings (SSSR count). The molecule has 2 radical (unpaired) electrons. The SMILES string of the molecule is CC(=O)OC1[CH][CH]CCC1. The van der Waals surface area contributed by atoms with E-state index < -0.39 is 0 Å². The highest BCUT2D eigenvalue weighted by molar-refractivity contribution is 5.66. The van der Waals surface area contributed by atoms with Crippen LogP contribution in [-0.2, 0) is 9.53 Å². The Bertz CT molecular complexity index is 114. The summed E-state index contributed by atoms with van der Waals surface area (Å²) in [5, 5.41) is 0. The number of carbonyl (C=O) groups excluding carboxylic acids is 1. The van der Waals surface area contributed by atoms with Gasteiger partial charge in [-0.25, -0.2) is 0 Å². The fourth-order valence-corrected chi connectivity index (χ4v) is 1.09. The van der Waals surface area contributed by atoms with Gasteiger partial charge in [-0.1, -0.05) is 0 Å². The number of hydrogen-bond donors (Lipinski definition) is 0. The van der Waals surface area contributed by atoms with Gasteiger partial charge >= 0.3 is 5.97 Å². The first-order valence-electron chi connectivity index (χ1n) is 3.63. The van der Waals surface area contributed by atoms with Crippen LogP contribution in [0.4, 0.5) is 0 Å². The molecule has 56 valence electrons. The third-order valence-corrected chi connectivity index (χ3v) is 1.53. The van der Waals surface area contributed by atoms with Gasteiger partial charge in [-0.3, -0.25) is 4.79 Å². The van der Waals surface area contributed by atoms with Crippen LogP contribution in [0.3, 0.4) is 0 Å². The molecule has 1 atom stereocenters. The molecule has 2 nitrogen and oxygen atoms in total. The van der Waals surface area contributed by atoms with Crippen molar-refractivity contribution >= 4 is 5.97 Å². The Morgan fingerprint density at radius 1 is 1.70 bits per heavy atom. The van der Waals surface area contributed by atoms with Gasteiger partial charge in [0.25, 0.3) is 0 Å². The van der Waals surface area contributed by atoms with Crippen molar-refractivity contribution in [2.24, 2.45) is 0 Å². The first kappa shape index (κ1) is 7.58. The van der Waals surface area contributed by atoms with E-state index in [4.69, 9.17) is 4.74 Å². The molecule has 0 bridgehead atoms. The van der Waals surface area contributed by atoms with Gasteiger partial charge in [0, 0.05) is 13.3 Å². The lowest BCUT2D eigenvalue weighted by Gasteiger charge is -2.20. The molecule has 10 heavy (non-hydrogen) atoms. The highest BCUT2D eigenvalue weighted by Gasteiger charge is 2.15. The molecule has 0 aliphatic heterocycles. The van der Waals surface area contributed by atoms with Gasteiger partial charge in [0.1, 0.15) is 6.10 Å². The second kappa shape index (κ2) is 3.59. The van der Waals surface area contributed by atoms with Crippen molar-refractivity contribution in [1.82, 2.24) is 0 Å². The second-order valence-electron chi connectivity index (χ2n) is 2.51. The van der Waals surface area contributed by atoms with Crippen LogP contribution in [0.1, 0.15) is 26.2 Å². The summed E-state index contributed by atoms with van der Waals surface area (Å²) in [5.41, 5.74) is 0. The Morgan fingerprint density at radius 2 is 2.50 bits per heavy atom. The second-order valence-corrected chi connectivity index (χ2v) is 2.51. The zero-order valence-corrected chi connectivity index (χ0v) is 6.17. The minimum absolute atomic E-state index is 0.0475. The van der Waals surface area contributed by atoms with E-state index in [1.54, 1.807) is 0 Å². The van der Waals surface area contributed by atoms with Crippen LogP contribution in [0.25, 0.3) is 0 Å². The molecular formula is C8H12O2. The van der Waals surface area contributed by atoms with E-state index in [9.17, 15) is 4.79 Å². The molecule has 0 aromatic rings. The van der Waals surface area contributed by atoms with Crippen molar-refractivity contribution in [3.8, 4) is 0 Å². The number of carbonyl (C=O) groups is 1. The number of hydrogen-bond acceptors (Lipinski definition) is 2. The van der Waals surface area contributed by atoms with Gasteiger partial charge in [-0.2, -0.15) is 0 Å². The van der Waals surface area contributed by atoms with Gasteiger partial charge in [-0.15, -0.1) is 0 Å². The summed E-state index contributed by atoms with van der Waals surface area (Å²) in [5.74, 6) is -0.184. The monoisotopic (exact) mass is 140 g/mol. The van der Waals surface area contributed by atoms with E-state index in [2.05, 4.69) is 6.42 Å². The van der Waals surface area contributed by atoms with E-state index in [0.29, 0.717) is 0 Å². The Balaban J connectivity index is 2.19. The highest BCUT2D eigenvalue weighted by Crippen LogP contribution is 2.18. The maximum absolute atomic E-state index is 10.5. The van der Waals surface area contributed by atoms with E-state index in [-0.39, 0.29) is 12.1 Å². The Morgan fingerprint density at radius 3 is 3.00 bits per heavy atom. The van der Waals surface area contributed by atoms with Crippen molar-refractivity contribution in [2.75, 3.05) is 0 Å². The minimum Gasteiger partial charge on any atom is -0.462 e. The van der Waals surface area contributed by atoms with Crippen LogP contribution >= 0.6 is 0 Å². The molecule has 0 aromatic carbocycles. The molecule has 0 amide bonds. The lowest BCUT2D eigenvalue weighted by molar-refractivity contribution is -0.145. The molecule has 2 heteroatoms. The normalized spacial score (nSPS) is 20.5. The summed E-state index contributed by atoms with van der Waals surface area (Å²) in [7, 11) is 0. The predicted molar refractivity (Wildman–Crippen MR) is 38.0 cm³/mol. The molecule has 0 spiro atoms. The van der Waals surface area contributed by atoms with Crippen molar-refractivity contribution in [3.05, 3.63) is 12.8 Å². The minimum atomic E-state index is -0.184. The summed E-state index contributed by atoms with van der Waals surface area (Å²) < 4.78 is 4.97. The van der Waals surface area contributed by atoms with Gasteiger partial charge in [-0.05, 0) is 25.7 Å². The fraction of sp³-hybridized carbons (Fsp3) is 0.625. The number of rotatable bonds is 1. The average molecular weight is 140 g/mol. The largest absolute Gasteiger partial charge is 0.462 e. The predicted octanol–water partition coefficient (Wildman–Crippen LogP) is 1.51. The number of ether oxygens (including phenoxy) is 1. The third kappa shape index (κ3) is 2.38. The topological polar surface area (TPSA) is 26.3 Å². The molecule has 1 saturated carbocycles. The van der Waals surface area contributed by atoms with Gasteiger partial charge in [0.05, 0.1) is 0 Å². The Hall–Kier alpha value is -0.530. The summed E-state index contributed by atoms with van der Waals surface area (Å²) in [6.07, 6.45) is 7.32. The average Bonchev–Trinajstić information content (AvgIpc) is 1.88. The third-order valence-electron chi connectivity index (χ3n) is 1.53. The smallest absolute Gasteiger partial charge is 0.302 e. The summed E-state index contributed by atoms with van der Waals surface area (Å²) in [4.78, 5) is 10.5. The Labute approximate surface area is 61.6 Å². The van der Waals surface area contributed by atoms with Crippen LogP contribution in [0, 0.1) is 12.8 Å². The molecule has 1 fully saturated rings. The lowest BCUT2D eigenvalue weighted by atomic mass is 9.98. The first-order valence-corrected chi connectivity index (χ1v) is 3.63. The quantitative estimate of drug-likeness (QED) is 0.516. The molecule has 1 aliphatic rings. The van der Waals surface area contributed by atoms with Crippen molar-refractivity contribution in [2.45, 2.75) is 32.3 Å². The van der Waals surface area contributed by atoms with Crippen molar-refractivity contribution in [3.63, 3.8) is 0 Å². The maximum atomic E-state index is 10.5. The summed E-state index contributed by atoms with van der Waals surface area (Å²) in [6, 6.07) is 0. The van der Waals surface area contributed by atoms with Crippen LogP contribution < -0.4 is 0 Å². The molecule has 0 aromatic heterocycles. The first-order chi connectivity index (χ1) is 4.79. The van der Waals surface area contributed by atoms with E-state index in [0.717, 1.165) is 19.3 Å². The molecule has 0 N–H and O–H groups in total. The molecule has 1 aliphatic carbocycles. The van der Waals surface area contributed by atoms with Crippen LogP contribution in [0.15, 0.2) is 0 Å². The molecule has 0 heterocycles. The maximum Gasteiger partial charge on any atom is 0.302 e. The van der Waals surface area contributed by atoms with Gasteiger partial charge < -0.3 is 4.74 Å². The van der Waals surface area contributed by atoms with Crippen molar-refractivity contribution in [1.29, 1.82) is 0 Å². The van der Waals surface area contributed by atoms with Crippen LogP contribution in [0.2, 0.25) is 0 Å². The summed E-state index contributed by atoms with van der Waals surface area (Å²) in [6.45, 7) is 1.45. The number of esters is 1. The fourth-order valence-electron chi connectivity index (χ4n) is 1.09. The van der Waals surface area contributed by atoms with E-state index in [1.165, 1.54) is 6.92 Å². The van der Waals surface area contributed by atoms with Crippen molar-refractivity contribution < 1.29 is 9.53 Å². The zero-order valence-electron chi connectivity index (χ0n) is 6.17.